The average molecular weight is 376 g/mol. The fourth-order valence-electron chi connectivity index (χ4n) is 2.69. The molecule has 8 nitrogen and oxygen atoms in total. The van der Waals surface area contributed by atoms with Gasteiger partial charge in [-0.15, -0.1) is 0 Å². The van der Waals surface area contributed by atoms with E-state index in [1.54, 1.807) is 45.0 Å². The number of methoxy groups -OCH3 is 1. The Bertz CT molecular complexity index is 723. The lowest BCUT2D eigenvalue weighted by atomic mass is 10.2. The van der Waals surface area contributed by atoms with Crippen LogP contribution in [0.3, 0.4) is 0 Å². The molecule has 0 bridgehead atoms. The quantitative estimate of drug-likeness (QED) is 0.456. The Morgan fingerprint density at radius 1 is 1.19 bits per heavy atom. The molecule has 0 radical (unpaired) electrons. The Hall–Kier alpha value is -2.90. The minimum Gasteiger partial charge on any atom is -0.467 e. The lowest BCUT2D eigenvalue weighted by Gasteiger charge is -2.27. The zero-order valence-corrected chi connectivity index (χ0v) is 15.9. The molecule has 1 aliphatic rings. The fraction of sp³-hybridized carbons (Fsp3) is 0.474. The summed E-state index contributed by atoms with van der Waals surface area (Å²) in [4.78, 5) is 41.8. The molecule has 0 unspecified atom stereocenters. The highest BCUT2D eigenvalue weighted by molar-refractivity contribution is 5.90. The van der Waals surface area contributed by atoms with Gasteiger partial charge in [0.25, 0.3) is 0 Å². The molecular formula is C19H24N2O6. The second-order valence-corrected chi connectivity index (χ2v) is 7.14. The van der Waals surface area contributed by atoms with E-state index in [1.165, 1.54) is 12.0 Å². The van der Waals surface area contributed by atoms with Crippen LogP contribution < -0.4 is 0 Å². The van der Waals surface area contributed by atoms with E-state index in [0.29, 0.717) is 11.3 Å². The molecule has 1 fully saturated rings. The first-order valence-electron chi connectivity index (χ1n) is 8.50. The van der Waals surface area contributed by atoms with Crippen molar-refractivity contribution in [1.82, 2.24) is 4.90 Å². The van der Waals surface area contributed by atoms with Gasteiger partial charge in [-0.2, -0.15) is 0 Å². The molecule has 27 heavy (non-hydrogen) atoms. The predicted octanol–water partition coefficient (Wildman–Crippen LogP) is 2.73. The van der Waals surface area contributed by atoms with Crippen molar-refractivity contribution in [2.45, 2.75) is 44.9 Å². The Balaban J connectivity index is 2.09. The van der Waals surface area contributed by atoms with Crippen LogP contribution in [-0.4, -0.2) is 61.1 Å². The number of carbonyl (C=O) groups is 3. The number of nitrogens with zero attached hydrogens (tertiary/aromatic N) is 2. The van der Waals surface area contributed by atoms with E-state index in [-0.39, 0.29) is 13.0 Å². The number of benzene rings is 1. The summed E-state index contributed by atoms with van der Waals surface area (Å²) in [5, 5.41) is 0. The van der Waals surface area contributed by atoms with E-state index in [9.17, 15) is 14.4 Å². The molecule has 1 aromatic carbocycles. The Labute approximate surface area is 158 Å². The molecule has 146 valence electrons. The van der Waals surface area contributed by atoms with Crippen LogP contribution in [0.5, 0.6) is 0 Å². The predicted molar refractivity (Wildman–Crippen MR) is 98.2 cm³/mol. The van der Waals surface area contributed by atoms with Crippen molar-refractivity contribution in [1.29, 1.82) is 0 Å². The van der Waals surface area contributed by atoms with Gasteiger partial charge in [-0.25, -0.2) is 14.4 Å². The molecule has 0 aliphatic carbocycles. The first kappa shape index (κ1) is 20.4. The number of amides is 1. The van der Waals surface area contributed by atoms with Gasteiger partial charge in [0.2, 0.25) is 0 Å². The molecule has 1 aliphatic heterocycles. The first-order chi connectivity index (χ1) is 12.6. The van der Waals surface area contributed by atoms with Crippen LogP contribution in [0.25, 0.3) is 0 Å². The molecule has 0 saturated carbocycles. The SMILES string of the molecule is C=Nc1ccc(C(=O)O[C@@H]2C[C@@H](C(=O)OC)N(C(=O)OC(C)(C)C)C2)cc1. The van der Waals surface area contributed by atoms with Crippen LogP contribution >= 0.6 is 0 Å². The lowest BCUT2D eigenvalue weighted by Crippen LogP contribution is -2.44. The van der Waals surface area contributed by atoms with Crippen molar-refractivity contribution in [3.05, 3.63) is 29.8 Å². The summed E-state index contributed by atoms with van der Waals surface area (Å²) in [6, 6.07) is 5.57. The first-order valence-corrected chi connectivity index (χ1v) is 8.50. The molecule has 0 N–H and O–H groups in total. The Kier molecular flexibility index (Phi) is 6.20. The molecule has 2 atom stereocenters. The van der Waals surface area contributed by atoms with Crippen LogP contribution in [-0.2, 0) is 19.0 Å². The highest BCUT2D eigenvalue weighted by atomic mass is 16.6. The molecular weight excluding hydrogens is 352 g/mol. The third kappa shape index (κ3) is 5.29. The van der Waals surface area contributed by atoms with E-state index >= 15 is 0 Å². The summed E-state index contributed by atoms with van der Waals surface area (Å²) in [5.74, 6) is -1.13. The van der Waals surface area contributed by atoms with Crippen LogP contribution in [0.1, 0.15) is 37.6 Å². The van der Waals surface area contributed by atoms with Gasteiger partial charge in [0.05, 0.1) is 24.9 Å². The monoisotopic (exact) mass is 376 g/mol. The van der Waals surface area contributed by atoms with E-state index < -0.39 is 35.8 Å². The number of esters is 2. The van der Waals surface area contributed by atoms with Gasteiger partial charge in [0, 0.05) is 6.42 Å². The molecule has 0 spiro atoms. The molecule has 0 aromatic heterocycles. The van der Waals surface area contributed by atoms with Crippen molar-refractivity contribution in [2.24, 2.45) is 4.99 Å². The van der Waals surface area contributed by atoms with Crippen LogP contribution in [0, 0.1) is 0 Å². The average Bonchev–Trinajstić information content (AvgIpc) is 3.03. The number of ether oxygens (including phenoxy) is 3. The zero-order valence-electron chi connectivity index (χ0n) is 15.9. The normalized spacial score (nSPS) is 19.3. The summed E-state index contributed by atoms with van der Waals surface area (Å²) >= 11 is 0. The van der Waals surface area contributed by atoms with E-state index in [2.05, 4.69) is 11.7 Å². The lowest BCUT2D eigenvalue weighted by molar-refractivity contribution is -0.145. The molecule has 1 saturated heterocycles. The topological polar surface area (TPSA) is 94.5 Å². The smallest absolute Gasteiger partial charge is 0.411 e. The van der Waals surface area contributed by atoms with E-state index in [0.717, 1.165) is 0 Å². The van der Waals surface area contributed by atoms with Crippen molar-refractivity contribution in [3.8, 4) is 0 Å². The van der Waals surface area contributed by atoms with Crippen LogP contribution in [0.15, 0.2) is 29.3 Å². The summed E-state index contributed by atoms with van der Waals surface area (Å²) in [7, 11) is 1.24. The van der Waals surface area contributed by atoms with Gasteiger partial charge in [0.1, 0.15) is 17.7 Å². The highest BCUT2D eigenvalue weighted by Gasteiger charge is 2.43. The number of aliphatic imine (C=N–C) groups is 1. The van der Waals surface area contributed by atoms with E-state index in [4.69, 9.17) is 14.2 Å². The Morgan fingerprint density at radius 2 is 1.81 bits per heavy atom. The Morgan fingerprint density at radius 3 is 2.33 bits per heavy atom. The number of rotatable bonds is 4. The maximum atomic E-state index is 12.4. The molecule has 1 heterocycles. The minimum absolute atomic E-state index is 0.0483. The molecule has 1 aromatic rings. The third-order valence-electron chi connectivity index (χ3n) is 3.92. The maximum absolute atomic E-state index is 12.4. The second kappa shape index (κ2) is 8.20. The zero-order chi connectivity index (χ0) is 20.2. The van der Waals surface area contributed by atoms with Gasteiger partial charge in [-0.05, 0) is 51.8 Å². The number of likely N-dealkylation sites (tertiary alicyclic amines) is 1. The molecule has 1 amide bonds. The summed E-state index contributed by atoms with van der Waals surface area (Å²) < 4.78 is 15.6. The van der Waals surface area contributed by atoms with Crippen LogP contribution in [0.2, 0.25) is 0 Å². The summed E-state index contributed by atoms with van der Waals surface area (Å²) in [5.41, 5.74) is 0.259. The van der Waals surface area contributed by atoms with E-state index in [1.807, 2.05) is 0 Å². The third-order valence-corrected chi connectivity index (χ3v) is 3.92. The maximum Gasteiger partial charge on any atom is 0.411 e. The van der Waals surface area contributed by atoms with Gasteiger partial charge in [-0.3, -0.25) is 9.89 Å². The standard InChI is InChI=1S/C19H24N2O6/c1-19(2,3)27-18(24)21-11-14(10-15(21)17(23)25-5)26-16(22)12-6-8-13(20-4)9-7-12/h6-9,14-15H,4,10-11H2,1-3,5H3/t14-,15+/m1/s1. The summed E-state index contributed by atoms with van der Waals surface area (Å²) in [6.45, 7) is 8.65. The van der Waals surface area contributed by atoms with Gasteiger partial charge in [0.15, 0.2) is 0 Å². The van der Waals surface area contributed by atoms with Crippen molar-refractivity contribution in [3.63, 3.8) is 0 Å². The molecule has 8 heteroatoms. The second-order valence-electron chi connectivity index (χ2n) is 7.14. The van der Waals surface area contributed by atoms with Crippen molar-refractivity contribution >= 4 is 30.4 Å². The van der Waals surface area contributed by atoms with Crippen LogP contribution in [0.4, 0.5) is 10.5 Å². The number of hydrogen-bond donors (Lipinski definition) is 0. The van der Waals surface area contributed by atoms with Crippen molar-refractivity contribution < 1.29 is 28.6 Å². The number of hydrogen-bond acceptors (Lipinski definition) is 7. The van der Waals surface area contributed by atoms with Gasteiger partial charge >= 0.3 is 18.0 Å². The van der Waals surface area contributed by atoms with Gasteiger partial charge in [-0.1, -0.05) is 0 Å². The van der Waals surface area contributed by atoms with Crippen molar-refractivity contribution in [2.75, 3.05) is 13.7 Å². The minimum atomic E-state index is -0.866. The molecule has 2 rings (SSSR count). The van der Waals surface area contributed by atoms with Gasteiger partial charge < -0.3 is 14.2 Å². The summed E-state index contributed by atoms with van der Waals surface area (Å²) in [6.07, 6.45) is -1.16. The fourth-order valence-corrected chi connectivity index (χ4v) is 2.69. The largest absolute Gasteiger partial charge is 0.467 e. The number of carbonyl (C=O) groups excluding carboxylic acids is 3. The highest BCUT2D eigenvalue weighted by Crippen LogP contribution is 2.25.